The zero-order chi connectivity index (χ0) is 22.7. The van der Waals surface area contributed by atoms with Crippen molar-refractivity contribution in [2.45, 2.75) is 44.4 Å². The second kappa shape index (κ2) is 9.90. The Labute approximate surface area is 188 Å². The van der Waals surface area contributed by atoms with Crippen LogP contribution < -0.4 is 5.48 Å². The highest BCUT2D eigenvalue weighted by Crippen LogP contribution is 2.42. The van der Waals surface area contributed by atoms with Gasteiger partial charge in [-0.1, -0.05) is 30.3 Å². The predicted octanol–water partition coefficient (Wildman–Crippen LogP) is 2.93. The lowest BCUT2D eigenvalue weighted by Gasteiger charge is -2.40. The normalized spacial score (nSPS) is 29.0. The standard InChI is InChI=1S/C24H33N3O5/c28-22(25-32)21-14-18(19-10-13-27(15-19)24(30)31)6-7-20(21)23(29)26-11-8-17(9-12-26)16-4-2-1-3-5-16/h1-5,17-21,32H,6-15H2,(H,25,28)(H,30,31)/t18-,19-,20+,21?/m1/s1. The molecule has 0 bridgehead atoms. The van der Waals surface area contributed by atoms with Crippen molar-refractivity contribution >= 4 is 17.9 Å². The molecule has 2 saturated heterocycles. The third kappa shape index (κ3) is 4.75. The smallest absolute Gasteiger partial charge is 0.407 e. The average Bonchev–Trinajstić information content (AvgIpc) is 3.34. The van der Waals surface area contributed by atoms with E-state index in [0.29, 0.717) is 44.9 Å². The molecule has 3 fully saturated rings. The molecular weight excluding hydrogens is 410 g/mol. The van der Waals surface area contributed by atoms with Crippen molar-refractivity contribution in [3.8, 4) is 0 Å². The fourth-order valence-electron chi connectivity index (χ4n) is 6.04. The molecule has 1 saturated carbocycles. The fourth-order valence-corrected chi connectivity index (χ4v) is 6.04. The van der Waals surface area contributed by atoms with Crippen LogP contribution in [0.25, 0.3) is 0 Å². The fraction of sp³-hybridized carbons (Fsp3) is 0.625. The van der Waals surface area contributed by atoms with Crippen LogP contribution in [0.15, 0.2) is 30.3 Å². The Morgan fingerprint density at radius 2 is 1.53 bits per heavy atom. The van der Waals surface area contributed by atoms with Gasteiger partial charge in [0.05, 0.1) is 5.92 Å². The van der Waals surface area contributed by atoms with Crippen LogP contribution in [0.5, 0.6) is 0 Å². The number of nitrogens with one attached hydrogen (secondary N) is 1. The second-order valence-electron chi connectivity index (χ2n) is 9.55. The molecule has 0 spiro atoms. The van der Waals surface area contributed by atoms with Crippen LogP contribution in [-0.2, 0) is 9.59 Å². The summed E-state index contributed by atoms with van der Waals surface area (Å²) in [6, 6.07) is 10.4. The largest absolute Gasteiger partial charge is 0.465 e. The van der Waals surface area contributed by atoms with Crippen LogP contribution in [0.1, 0.15) is 50.0 Å². The van der Waals surface area contributed by atoms with Crippen molar-refractivity contribution in [3.63, 3.8) is 0 Å². The summed E-state index contributed by atoms with van der Waals surface area (Å²) in [6.45, 7) is 2.37. The molecule has 8 nitrogen and oxygen atoms in total. The van der Waals surface area contributed by atoms with Gasteiger partial charge in [0.25, 0.3) is 0 Å². The minimum atomic E-state index is -0.903. The zero-order valence-electron chi connectivity index (χ0n) is 18.4. The number of nitrogens with zero attached hydrogens (tertiary/aromatic N) is 2. The van der Waals surface area contributed by atoms with Gasteiger partial charge in [-0.15, -0.1) is 0 Å². The summed E-state index contributed by atoms with van der Waals surface area (Å²) in [5.74, 6) is -0.637. The van der Waals surface area contributed by atoms with E-state index >= 15 is 0 Å². The lowest BCUT2D eigenvalue weighted by molar-refractivity contribution is -0.149. The van der Waals surface area contributed by atoms with Crippen molar-refractivity contribution in [2.24, 2.45) is 23.7 Å². The van der Waals surface area contributed by atoms with E-state index in [9.17, 15) is 24.7 Å². The highest BCUT2D eigenvalue weighted by molar-refractivity contribution is 5.87. The number of carbonyl (C=O) groups excluding carboxylic acids is 2. The van der Waals surface area contributed by atoms with Crippen molar-refractivity contribution in [1.29, 1.82) is 0 Å². The molecule has 0 radical (unpaired) electrons. The molecule has 32 heavy (non-hydrogen) atoms. The molecule has 4 atom stereocenters. The van der Waals surface area contributed by atoms with Gasteiger partial charge in [-0.25, -0.2) is 10.3 Å². The zero-order valence-corrected chi connectivity index (χ0v) is 18.4. The van der Waals surface area contributed by atoms with Crippen molar-refractivity contribution < 1.29 is 24.7 Å². The summed E-state index contributed by atoms with van der Waals surface area (Å²) in [6.07, 6.45) is 3.63. The van der Waals surface area contributed by atoms with Crippen LogP contribution in [0, 0.1) is 23.7 Å². The first-order valence-electron chi connectivity index (χ1n) is 11.7. The molecular formula is C24H33N3O5. The summed E-state index contributed by atoms with van der Waals surface area (Å²) in [5.41, 5.74) is 3.08. The number of hydrogen-bond donors (Lipinski definition) is 3. The number of carboxylic acid groups (broad SMARTS) is 1. The van der Waals surface area contributed by atoms with Crippen molar-refractivity contribution in [3.05, 3.63) is 35.9 Å². The molecule has 8 heteroatoms. The first-order chi connectivity index (χ1) is 15.5. The number of hydrogen-bond acceptors (Lipinski definition) is 4. The van der Waals surface area contributed by atoms with Crippen LogP contribution in [0.2, 0.25) is 0 Å². The molecule has 1 unspecified atom stereocenters. The quantitative estimate of drug-likeness (QED) is 0.490. The Balaban J connectivity index is 1.38. The van der Waals surface area contributed by atoms with E-state index in [-0.39, 0.29) is 17.7 Å². The summed E-state index contributed by atoms with van der Waals surface area (Å²) >= 11 is 0. The Kier molecular flexibility index (Phi) is 6.98. The maximum Gasteiger partial charge on any atom is 0.407 e. The number of benzene rings is 1. The third-order valence-electron chi connectivity index (χ3n) is 7.89. The van der Waals surface area contributed by atoms with Crippen LogP contribution >= 0.6 is 0 Å². The Morgan fingerprint density at radius 1 is 0.844 bits per heavy atom. The minimum Gasteiger partial charge on any atom is -0.465 e. The number of carbonyl (C=O) groups is 3. The van der Waals surface area contributed by atoms with E-state index in [4.69, 9.17) is 0 Å². The van der Waals surface area contributed by atoms with Gasteiger partial charge in [0.15, 0.2) is 0 Å². The number of piperidine rings is 1. The van der Waals surface area contributed by atoms with E-state index in [1.54, 1.807) is 5.48 Å². The van der Waals surface area contributed by atoms with Gasteiger partial charge >= 0.3 is 6.09 Å². The van der Waals surface area contributed by atoms with Crippen LogP contribution in [0.4, 0.5) is 4.79 Å². The number of rotatable bonds is 4. The number of amides is 3. The molecule has 1 aromatic rings. The Morgan fingerprint density at radius 3 is 2.16 bits per heavy atom. The van der Waals surface area contributed by atoms with Crippen molar-refractivity contribution in [2.75, 3.05) is 26.2 Å². The Bertz CT molecular complexity index is 824. The van der Waals surface area contributed by atoms with Gasteiger partial charge in [-0.3, -0.25) is 14.8 Å². The van der Waals surface area contributed by atoms with Gasteiger partial charge < -0.3 is 14.9 Å². The van der Waals surface area contributed by atoms with E-state index < -0.39 is 23.8 Å². The molecule has 174 valence electrons. The lowest BCUT2D eigenvalue weighted by atomic mass is 9.68. The molecule has 2 heterocycles. The molecule has 2 aliphatic heterocycles. The SMILES string of the molecule is O=C(NO)C1C[C@H]([C@@H]2CCN(C(=O)O)C2)CC[C@@H]1C(=O)N1CCC(c2ccccc2)CC1. The monoisotopic (exact) mass is 443 g/mol. The minimum absolute atomic E-state index is 0.0159. The molecule has 1 aromatic carbocycles. The van der Waals surface area contributed by atoms with Crippen molar-refractivity contribution in [1.82, 2.24) is 15.3 Å². The second-order valence-corrected chi connectivity index (χ2v) is 9.55. The molecule has 1 aliphatic carbocycles. The topological polar surface area (TPSA) is 110 Å². The van der Waals surface area contributed by atoms with E-state index in [0.717, 1.165) is 25.7 Å². The van der Waals surface area contributed by atoms with E-state index in [2.05, 4.69) is 12.1 Å². The van der Waals surface area contributed by atoms with Gasteiger partial charge in [0, 0.05) is 32.1 Å². The summed E-state index contributed by atoms with van der Waals surface area (Å²) in [7, 11) is 0. The highest BCUT2D eigenvalue weighted by atomic mass is 16.5. The maximum absolute atomic E-state index is 13.4. The first kappa shape index (κ1) is 22.6. The maximum atomic E-state index is 13.4. The number of likely N-dealkylation sites (tertiary alicyclic amines) is 2. The third-order valence-corrected chi connectivity index (χ3v) is 7.89. The molecule has 0 aromatic heterocycles. The summed E-state index contributed by atoms with van der Waals surface area (Å²) in [5, 5.41) is 18.6. The molecule has 3 aliphatic rings. The molecule has 3 N–H and O–H groups in total. The molecule has 4 rings (SSSR count). The summed E-state index contributed by atoms with van der Waals surface area (Å²) in [4.78, 5) is 40.5. The first-order valence-corrected chi connectivity index (χ1v) is 11.7. The summed E-state index contributed by atoms with van der Waals surface area (Å²) < 4.78 is 0. The van der Waals surface area contributed by atoms with E-state index in [1.165, 1.54) is 10.5 Å². The predicted molar refractivity (Wildman–Crippen MR) is 117 cm³/mol. The van der Waals surface area contributed by atoms with Crippen LogP contribution in [-0.4, -0.2) is 64.2 Å². The highest BCUT2D eigenvalue weighted by Gasteiger charge is 2.44. The number of hydroxylamine groups is 1. The van der Waals surface area contributed by atoms with Gasteiger partial charge in [-0.2, -0.15) is 0 Å². The van der Waals surface area contributed by atoms with E-state index in [1.807, 2.05) is 23.1 Å². The molecule has 3 amide bonds. The van der Waals surface area contributed by atoms with Gasteiger partial charge in [0.2, 0.25) is 11.8 Å². The average molecular weight is 444 g/mol. The Hall–Kier alpha value is -2.61. The van der Waals surface area contributed by atoms with Gasteiger partial charge in [0.1, 0.15) is 0 Å². The van der Waals surface area contributed by atoms with Gasteiger partial charge in [-0.05, 0) is 61.8 Å². The van der Waals surface area contributed by atoms with Crippen LogP contribution in [0.3, 0.4) is 0 Å². The lowest BCUT2D eigenvalue weighted by Crippen LogP contribution is -2.48.